The summed E-state index contributed by atoms with van der Waals surface area (Å²) in [6.07, 6.45) is 12.4. The lowest BCUT2D eigenvalue weighted by Gasteiger charge is -2.13. The highest BCUT2D eigenvalue weighted by atomic mass is 16.5. The van der Waals surface area contributed by atoms with Crippen LogP contribution in [0.2, 0.25) is 0 Å². The number of allylic oxidation sites excluding steroid dienone is 4. The third kappa shape index (κ3) is 7.17. The average Bonchev–Trinajstić information content (AvgIpc) is 3.05. The smallest absolute Gasteiger partial charge is 0.317 e. The molecule has 1 aliphatic rings. The first-order valence-electron chi connectivity index (χ1n) is 13.7. The second-order valence-corrected chi connectivity index (χ2v) is 9.93. The normalized spacial score (nSPS) is 15.0. The number of ketones is 1. The molecule has 0 heterocycles. The fourth-order valence-corrected chi connectivity index (χ4v) is 4.80. The van der Waals surface area contributed by atoms with Gasteiger partial charge in [0, 0.05) is 11.5 Å². The highest BCUT2D eigenvalue weighted by molar-refractivity contribution is 5.99. The number of hydrogen-bond donors (Lipinski definition) is 0. The minimum absolute atomic E-state index is 0.112. The first-order chi connectivity index (χ1) is 20.1. The van der Waals surface area contributed by atoms with Gasteiger partial charge in [0.1, 0.15) is 18.3 Å². The van der Waals surface area contributed by atoms with E-state index in [1.807, 2.05) is 103 Å². The van der Waals surface area contributed by atoms with Gasteiger partial charge in [0.05, 0.1) is 7.11 Å². The molecule has 204 valence electrons. The first-order valence-corrected chi connectivity index (χ1v) is 13.7. The number of hydrogen-bond acceptors (Lipinski definition) is 4. The molecule has 5 rings (SSSR count). The van der Waals surface area contributed by atoms with Crippen LogP contribution in [0.5, 0.6) is 5.75 Å². The molecule has 4 aromatic rings. The maximum absolute atomic E-state index is 12.8. The summed E-state index contributed by atoms with van der Waals surface area (Å²) >= 11 is 0. The van der Waals surface area contributed by atoms with Crippen molar-refractivity contribution in [3.05, 3.63) is 156 Å². The summed E-state index contributed by atoms with van der Waals surface area (Å²) < 4.78 is 11.0. The summed E-state index contributed by atoms with van der Waals surface area (Å²) in [7, 11) is 1.41. The Kier molecular flexibility index (Phi) is 9.02. The fourth-order valence-electron chi connectivity index (χ4n) is 4.80. The van der Waals surface area contributed by atoms with Crippen molar-refractivity contribution in [1.29, 1.82) is 0 Å². The lowest BCUT2D eigenvalue weighted by molar-refractivity contribution is -0.141. The zero-order valence-electron chi connectivity index (χ0n) is 23.0. The monoisotopic (exact) mass is 540 g/mol. The molecule has 2 unspecified atom stereocenters. The van der Waals surface area contributed by atoms with Crippen molar-refractivity contribution in [2.45, 2.75) is 18.9 Å². The molecular formula is C37H32O4. The Bertz CT molecular complexity index is 1560. The van der Waals surface area contributed by atoms with E-state index in [0.717, 1.165) is 34.2 Å². The van der Waals surface area contributed by atoms with Crippen LogP contribution in [0.25, 0.3) is 17.2 Å². The lowest BCUT2D eigenvalue weighted by atomic mass is 9.92. The van der Waals surface area contributed by atoms with Crippen LogP contribution in [0, 0.1) is 5.92 Å². The third-order valence-corrected chi connectivity index (χ3v) is 7.13. The Hall–Kier alpha value is -4.96. The number of carbonyl (C=O) groups is 2. The van der Waals surface area contributed by atoms with Crippen molar-refractivity contribution in [3.63, 3.8) is 0 Å². The van der Waals surface area contributed by atoms with Crippen LogP contribution in [-0.2, 0) is 16.1 Å². The van der Waals surface area contributed by atoms with E-state index in [0.29, 0.717) is 17.9 Å². The molecule has 41 heavy (non-hydrogen) atoms. The Morgan fingerprint density at radius 1 is 0.854 bits per heavy atom. The van der Waals surface area contributed by atoms with Gasteiger partial charge in [-0.25, -0.2) is 0 Å². The minimum Gasteiger partial charge on any atom is -0.489 e. The average molecular weight is 541 g/mol. The molecule has 0 amide bonds. The van der Waals surface area contributed by atoms with Crippen molar-refractivity contribution in [3.8, 4) is 16.9 Å². The summed E-state index contributed by atoms with van der Waals surface area (Å²) in [4.78, 5) is 25.2. The summed E-state index contributed by atoms with van der Waals surface area (Å²) in [5.41, 5.74) is 5.80. The van der Waals surface area contributed by atoms with Crippen LogP contribution in [0.4, 0.5) is 0 Å². The van der Waals surface area contributed by atoms with E-state index in [2.05, 4.69) is 36.4 Å². The Balaban J connectivity index is 1.19. The van der Waals surface area contributed by atoms with E-state index < -0.39 is 5.92 Å². The highest BCUT2D eigenvalue weighted by Gasteiger charge is 2.19. The molecule has 0 bridgehead atoms. The molecule has 2 atom stereocenters. The van der Waals surface area contributed by atoms with E-state index in [9.17, 15) is 9.59 Å². The van der Waals surface area contributed by atoms with Crippen LogP contribution >= 0.6 is 0 Å². The first kappa shape index (κ1) is 27.6. The largest absolute Gasteiger partial charge is 0.489 e. The summed E-state index contributed by atoms with van der Waals surface area (Å²) in [6, 6.07) is 33.5. The molecule has 0 radical (unpaired) electrons. The third-order valence-electron chi connectivity index (χ3n) is 7.13. The molecule has 0 saturated heterocycles. The molecule has 0 saturated carbocycles. The van der Waals surface area contributed by atoms with Crippen LogP contribution < -0.4 is 4.74 Å². The van der Waals surface area contributed by atoms with Gasteiger partial charge in [-0.1, -0.05) is 127 Å². The van der Waals surface area contributed by atoms with Gasteiger partial charge < -0.3 is 9.47 Å². The highest BCUT2D eigenvalue weighted by Crippen LogP contribution is 2.25. The predicted molar refractivity (Wildman–Crippen MR) is 164 cm³/mol. The van der Waals surface area contributed by atoms with E-state index in [1.54, 1.807) is 0 Å². The number of rotatable bonds is 10. The maximum atomic E-state index is 12.8. The topological polar surface area (TPSA) is 52.6 Å². The molecule has 1 aliphatic carbocycles. The lowest BCUT2D eigenvalue weighted by Crippen LogP contribution is -2.13. The van der Waals surface area contributed by atoms with Gasteiger partial charge in [0.2, 0.25) is 0 Å². The molecule has 0 aromatic heterocycles. The molecule has 0 spiro atoms. The van der Waals surface area contributed by atoms with Gasteiger partial charge in [-0.05, 0) is 46.4 Å². The van der Waals surface area contributed by atoms with E-state index in [1.165, 1.54) is 7.11 Å². The SMILES string of the molecule is COC(=O)C(C=Cc1ccc(-c2ccc(COc3cccc(C(=O)C4C=CC=CC4)c3)cc2)cc1)c1ccccc1. The van der Waals surface area contributed by atoms with Crippen LogP contribution in [0.15, 0.2) is 134 Å². The van der Waals surface area contributed by atoms with Gasteiger partial charge in [-0.15, -0.1) is 0 Å². The fraction of sp³-hybridized carbons (Fsp3) is 0.135. The number of carbonyl (C=O) groups excluding carboxylic acids is 2. The van der Waals surface area contributed by atoms with Crippen molar-refractivity contribution in [1.82, 2.24) is 0 Å². The number of esters is 1. The number of ether oxygens (including phenoxy) is 2. The molecular weight excluding hydrogens is 508 g/mol. The Morgan fingerprint density at radius 3 is 2.27 bits per heavy atom. The second-order valence-electron chi connectivity index (χ2n) is 9.93. The zero-order valence-corrected chi connectivity index (χ0v) is 23.0. The van der Waals surface area contributed by atoms with Gasteiger partial charge in [-0.3, -0.25) is 9.59 Å². The van der Waals surface area contributed by atoms with E-state index >= 15 is 0 Å². The van der Waals surface area contributed by atoms with Crippen LogP contribution in [-0.4, -0.2) is 18.9 Å². The van der Waals surface area contributed by atoms with Gasteiger partial charge in [0.25, 0.3) is 0 Å². The number of benzene rings is 4. The predicted octanol–water partition coefficient (Wildman–Crippen LogP) is 8.22. The Morgan fingerprint density at radius 2 is 1.59 bits per heavy atom. The zero-order chi connectivity index (χ0) is 28.4. The quantitative estimate of drug-likeness (QED) is 0.150. The number of Topliss-reactive ketones (excluding diaryl/α,β-unsaturated/α-hetero) is 1. The summed E-state index contributed by atoms with van der Waals surface area (Å²) in [5, 5.41) is 0. The van der Waals surface area contributed by atoms with Crippen molar-refractivity contribution in [2.24, 2.45) is 5.92 Å². The van der Waals surface area contributed by atoms with Crippen molar-refractivity contribution in [2.75, 3.05) is 7.11 Å². The summed E-state index contributed by atoms with van der Waals surface area (Å²) in [5.74, 6) is -0.0603. The maximum Gasteiger partial charge on any atom is 0.317 e. The van der Waals surface area contributed by atoms with Crippen LogP contribution in [0.3, 0.4) is 0 Å². The molecule has 0 N–H and O–H groups in total. The van der Waals surface area contributed by atoms with Gasteiger partial charge in [0.15, 0.2) is 5.78 Å². The van der Waals surface area contributed by atoms with Gasteiger partial charge >= 0.3 is 5.97 Å². The molecule has 0 fully saturated rings. The second kappa shape index (κ2) is 13.4. The number of methoxy groups -OCH3 is 1. The van der Waals surface area contributed by atoms with E-state index in [4.69, 9.17) is 9.47 Å². The van der Waals surface area contributed by atoms with Crippen LogP contribution in [0.1, 0.15) is 39.4 Å². The van der Waals surface area contributed by atoms with E-state index in [-0.39, 0.29) is 17.7 Å². The molecule has 4 nitrogen and oxygen atoms in total. The van der Waals surface area contributed by atoms with Crippen molar-refractivity contribution >= 4 is 17.8 Å². The summed E-state index contributed by atoms with van der Waals surface area (Å²) in [6.45, 7) is 0.413. The molecule has 4 heteroatoms. The Labute approximate surface area is 241 Å². The standard InChI is InChI=1S/C37H32O4/c1-40-37(39)35(31-9-4-2-5-10-31)24-19-27-15-20-29(21-16-27)30-22-17-28(18-23-30)26-41-34-14-8-13-33(25-34)36(38)32-11-6-3-7-12-32/h2-11,13-25,32,35H,12,26H2,1H3. The molecule has 0 aliphatic heterocycles. The van der Waals surface area contributed by atoms with Crippen molar-refractivity contribution < 1.29 is 19.1 Å². The minimum atomic E-state index is -0.454. The van der Waals surface area contributed by atoms with Gasteiger partial charge in [-0.2, -0.15) is 0 Å². The molecule has 4 aromatic carbocycles.